The van der Waals surface area contributed by atoms with Gasteiger partial charge in [-0.2, -0.15) is 8.78 Å². The van der Waals surface area contributed by atoms with Crippen LogP contribution >= 0.6 is 0 Å². The lowest BCUT2D eigenvalue weighted by atomic mass is 9.65. The van der Waals surface area contributed by atoms with E-state index in [2.05, 4.69) is 26.9 Å². The number of halogens is 3. The highest BCUT2D eigenvalue weighted by molar-refractivity contribution is 5.91. The van der Waals surface area contributed by atoms with Gasteiger partial charge in [-0.25, -0.2) is 19.2 Å². The Kier molecular flexibility index (Phi) is 5.40. The van der Waals surface area contributed by atoms with Crippen LogP contribution in [0, 0.1) is 18.7 Å². The van der Waals surface area contributed by atoms with Gasteiger partial charge in [-0.1, -0.05) is 13.0 Å². The van der Waals surface area contributed by atoms with Gasteiger partial charge in [-0.05, 0) is 49.8 Å². The fraction of sp³-hybridized carbons (Fsp3) is 0.476. The van der Waals surface area contributed by atoms with Crippen LogP contribution in [0.5, 0.6) is 0 Å². The monoisotopic (exact) mass is 420 g/mol. The van der Waals surface area contributed by atoms with Crippen molar-refractivity contribution in [2.24, 2.45) is 5.92 Å². The lowest BCUT2D eigenvalue weighted by Gasteiger charge is -2.63. The molecule has 2 fully saturated rings. The van der Waals surface area contributed by atoms with E-state index >= 15 is 0 Å². The van der Waals surface area contributed by atoms with E-state index in [9.17, 15) is 18.0 Å². The van der Waals surface area contributed by atoms with Crippen molar-refractivity contribution in [3.8, 4) is 11.4 Å². The highest BCUT2D eigenvalue weighted by Gasteiger charge is 2.58. The quantitative estimate of drug-likeness (QED) is 0.767. The number of amides is 2. The van der Waals surface area contributed by atoms with Crippen LogP contribution in [-0.4, -0.2) is 45.7 Å². The van der Waals surface area contributed by atoms with Gasteiger partial charge in [0.05, 0.1) is 24.5 Å². The summed E-state index contributed by atoms with van der Waals surface area (Å²) in [6, 6.07) is 4.96. The van der Waals surface area contributed by atoms with Crippen molar-refractivity contribution in [2.45, 2.75) is 51.3 Å². The number of alkyl halides is 2. The number of urea groups is 1. The first-order valence-electron chi connectivity index (χ1n) is 9.86. The van der Waals surface area contributed by atoms with Crippen molar-refractivity contribution in [1.82, 2.24) is 14.9 Å². The summed E-state index contributed by atoms with van der Waals surface area (Å²) < 4.78 is 43.0. The van der Waals surface area contributed by atoms with Crippen molar-refractivity contribution in [2.75, 3.05) is 11.9 Å². The molecule has 2 aliphatic rings. The Morgan fingerprint density at radius 1 is 1.33 bits per heavy atom. The molecule has 160 valence electrons. The summed E-state index contributed by atoms with van der Waals surface area (Å²) in [6.07, 6.45) is 4.31. The van der Waals surface area contributed by atoms with Crippen LogP contribution in [0.4, 0.5) is 23.7 Å². The molecule has 1 N–H and O–H groups in total. The van der Waals surface area contributed by atoms with Crippen LogP contribution in [0.1, 0.15) is 31.7 Å². The number of carbonyl (C=O) groups is 1. The zero-order chi connectivity index (χ0) is 21.5. The summed E-state index contributed by atoms with van der Waals surface area (Å²) in [6.45, 7) is 0.886. The topological polar surface area (TPSA) is 67.4 Å². The van der Waals surface area contributed by atoms with Gasteiger partial charge in [0.15, 0.2) is 11.6 Å². The molecule has 9 heteroatoms. The van der Waals surface area contributed by atoms with E-state index in [1.807, 2.05) is 13.0 Å². The third-order valence-electron chi connectivity index (χ3n) is 5.94. The number of hydrogen-bond donors (Lipinski definition) is 1. The molecule has 2 amide bonds. The second kappa shape index (κ2) is 7.86. The molecular formula is C21H23F3N4O2. The van der Waals surface area contributed by atoms with Crippen molar-refractivity contribution >= 4 is 11.7 Å². The second-order valence-electron chi connectivity index (χ2n) is 8.25. The molecule has 4 rings (SSSR count). The molecule has 0 saturated carbocycles. The molecule has 0 aliphatic carbocycles. The normalized spacial score (nSPS) is 25.2. The van der Waals surface area contributed by atoms with Crippen LogP contribution < -0.4 is 5.32 Å². The minimum atomic E-state index is -2.86. The fourth-order valence-electron chi connectivity index (χ4n) is 4.83. The number of nitrogens with zero attached hydrogens (tertiary/aromatic N) is 3. The number of nitrogens with one attached hydrogen (secondary N) is 1. The van der Waals surface area contributed by atoms with Gasteiger partial charge in [-0.15, -0.1) is 0 Å². The molecular weight excluding hydrogens is 397 g/mol. The molecule has 6 nitrogen and oxygen atoms in total. The number of aryl methyl sites for hydroxylation is 1. The maximum atomic E-state index is 13.1. The number of piperidine rings is 1. The number of ether oxygens (including phenoxy) is 1. The van der Waals surface area contributed by atoms with Gasteiger partial charge in [0.1, 0.15) is 0 Å². The Hall–Kier alpha value is -2.68. The first-order valence-corrected chi connectivity index (χ1v) is 9.86. The van der Waals surface area contributed by atoms with Crippen LogP contribution in [0.3, 0.4) is 0 Å². The van der Waals surface area contributed by atoms with E-state index in [0.717, 1.165) is 24.4 Å². The highest BCUT2D eigenvalue weighted by Crippen LogP contribution is 2.50. The SMILES string of the molecule is Cc1ccc(NC(=O)N2[C@@H]3C[C@H](C)CC2(COC(F)F)C3)cc1-c1ncc(F)cn1. The van der Waals surface area contributed by atoms with Gasteiger partial charge in [-0.3, -0.25) is 0 Å². The first kappa shape index (κ1) is 20.6. The number of fused-ring (bicyclic) bond motifs is 2. The van der Waals surface area contributed by atoms with Crippen LogP contribution in [0.25, 0.3) is 11.4 Å². The molecule has 2 aliphatic heterocycles. The average Bonchev–Trinajstić information content (AvgIpc) is 2.68. The van der Waals surface area contributed by atoms with Crippen molar-refractivity contribution in [3.05, 3.63) is 42.0 Å². The fourth-order valence-corrected chi connectivity index (χ4v) is 4.83. The number of anilines is 1. The Balaban J connectivity index is 1.53. The molecule has 2 saturated heterocycles. The summed E-state index contributed by atoms with van der Waals surface area (Å²) >= 11 is 0. The van der Waals surface area contributed by atoms with Crippen LogP contribution in [0.2, 0.25) is 0 Å². The van der Waals surface area contributed by atoms with Crippen molar-refractivity contribution in [1.29, 1.82) is 0 Å². The van der Waals surface area contributed by atoms with E-state index in [4.69, 9.17) is 0 Å². The summed E-state index contributed by atoms with van der Waals surface area (Å²) in [7, 11) is 0. The summed E-state index contributed by atoms with van der Waals surface area (Å²) in [5, 5.41) is 2.86. The van der Waals surface area contributed by atoms with Crippen LogP contribution in [-0.2, 0) is 4.74 Å². The number of rotatable bonds is 5. The summed E-state index contributed by atoms with van der Waals surface area (Å²) in [5.41, 5.74) is 1.37. The van der Waals surface area contributed by atoms with Gasteiger partial charge < -0.3 is 15.0 Å². The molecule has 3 atom stereocenters. The predicted octanol–water partition coefficient (Wildman–Crippen LogP) is 4.61. The molecule has 1 aromatic carbocycles. The zero-order valence-corrected chi connectivity index (χ0v) is 16.7. The number of hydrogen-bond acceptors (Lipinski definition) is 4. The highest BCUT2D eigenvalue weighted by atomic mass is 19.3. The molecule has 0 radical (unpaired) electrons. The summed E-state index contributed by atoms with van der Waals surface area (Å²) in [4.78, 5) is 22.7. The van der Waals surface area contributed by atoms with Gasteiger partial charge in [0.25, 0.3) is 0 Å². The van der Waals surface area contributed by atoms with E-state index in [1.165, 1.54) is 0 Å². The van der Waals surface area contributed by atoms with E-state index < -0.39 is 18.0 Å². The van der Waals surface area contributed by atoms with E-state index in [-0.39, 0.29) is 18.7 Å². The Morgan fingerprint density at radius 3 is 2.77 bits per heavy atom. The Bertz CT molecular complexity index is 940. The molecule has 0 spiro atoms. The third-order valence-corrected chi connectivity index (χ3v) is 5.94. The summed E-state index contributed by atoms with van der Waals surface area (Å²) in [5.74, 6) is 0.160. The molecule has 30 heavy (non-hydrogen) atoms. The van der Waals surface area contributed by atoms with Crippen molar-refractivity contribution in [3.63, 3.8) is 0 Å². The van der Waals surface area contributed by atoms with Gasteiger partial charge in [0.2, 0.25) is 0 Å². The number of carbonyl (C=O) groups excluding carboxylic acids is 1. The van der Waals surface area contributed by atoms with Gasteiger partial charge in [0, 0.05) is 17.3 Å². The number of benzene rings is 1. The smallest absolute Gasteiger partial charge is 0.320 e. The predicted molar refractivity (Wildman–Crippen MR) is 105 cm³/mol. The lowest BCUT2D eigenvalue weighted by Crippen LogP contribution is -2.74. The Labute approximate surface area is 172 Å². The minimum Gasteiger partial charge on any atom is -0.320 e. The standard InChI is InChI=1S/C21H23F3N4O2/c1-12-5-16-8-21(7-12,11-30-19(23)24)28(16)20(29)27-15-4-3-13(2)17(6-15)18-25-9-14(22)10-26-18/h3-4,6,9-10,12,16,19H,5,7-8,11H2,1-2H3,(H,27,29)/t12-,16+,21?/m0/s1. The molecule has 2 bridgehead atoms. The molecule has 2 aromatic rings. The maximum absolute atomic E-state index is 13.1. The van der Waals surface area contributed by atoms with Gasteiger partial charge >= 0.3 is 12.6 Å². The van der Waals surface area contributed by atoms with E-state index in [0.29, 0.717) is 35.8 Å². The largest absolute Gasteiger partial charge is 0.345 e. The van der Waals surface area contributed by atoms with E-state index in [1.54, 1.807) is 17.0 Å². The molecule has 1 aromatic heterocycles. The van der Waals surface area contributed by atoms with Crippen LogP contribution in [0.15, 0.2) is 30.6 Å². The first-order chi connectivity index (χ1) is 14.3. The average molecular weight is 420 g/mol. The molecule has 3 heterocycles. The lowest BCUT2D eigenvalue weighted by molar-refractivity contribution is -0.194. The minimum absolute atomic E-state index is 0.0142. The maximum Gasteiger partial charge on any atom is 0.345 e. The third kappa shape index (κ3) is 3.86. The van der Waals surface area contributed by atoms with Crippen molar-refractivity contribution < 1.29 is 22.7 Å². The molecule has 1 unspecified atom stereocenters. The Morgan fingerprint density at radius 2 is 2.07 bits per heavy atom. The second-order valence-corrected chi connectivity index (χ2v) is 8.25. The number of aromatic nitrogens is 2. The zero-order valence-electron chi connectivity index (χ0n) is 16.7.